The molecule has 0 saturated carbocycles. The molecule has 0 radical (unpaired) electrons. The zero-order valence-electron chi connectivity index (χ0n) is 17.6. The lowest BCUT2D eigenvalue weighted by atomic mass is 10.1. The number of thiazole rings is 1. The number of rotatable bonds is 4. The fraction of sp³-hybridized carbons (Fsp3) is 0.273. The van der Waals surface area contributed by atoms with E-state index in [9.17, 15) is 13.2 Å². The molecule has 0 atom stereocenters. The molecule has 0 saturated heterocycles. The van der Waals surface area contributed by atoms with Gasteiger partial charge in [-0.1, -0.05) is 46.7 Å². The highest BCUT2D eigenvalue weighted by Crippen LogP contribution is 2.31. The maximum absolute atomic E-state index is 13.0. The molecule has 0 bridgehead atoms. The Balaban J connectivity index is 1.45. The number of benzene rings is 2. The second-order valence-corrected chi connectivity index (χ2v) is 10.7. The zero-order valence-corrected chi connectivity index (χ0v) is 19.2. The number of aryl methyl sites for hydroxylation is 3. The Hall–Kier alpha value is -2.75. The van der Waals surface area contributed by atoms with E-state index in [1.165, 1.54) is 15.6 Å². The maximum atomic E-state index is 13.0. The van der Waals surface area contributed by atoms with Crippen molar-refractivity contribution in [3.63, 3.8) is 0 Å². The Morgan fingerprint density at radius 2 is 1.74 bits per heavy atom. The molecule has 0 aliphatic carbocycles. The smallest absolute Gasteiger partial charge is 0.307 e. The first-order chi connectivity index (χ1) is 14.7. The molecule has 0 fully saturated rings. The minimum absolute atomic E-state index is 0.254. The van der Waals surface area contributed by atoms with E-state index >= 15 is 0 Å². The topological polar surface area (TPSA) is 91.4 Å². The summed E-state index contributed by atoms with van der Waals surface area (Å²) in [5.74, 6) is 0. The predicted octanol–water partition coefficient (Wildman–Crippen LogP) is 4.46. The number of hydrogen-bond acceptors (Lipinski definition) is 5. The molecule has 9 heteroatoms. The standard InChI is InChI=1S/C22H24N4O3S2/c1-14-4-7-17(8-5-14)31(28,29)26-11-10-19-20(13-26)30-22(24-19)25-21(27)23-18-9-6-15(2)12-16(18)3/h4-9,12H,10-11,13H2,1-3H3,(H2,23,24,25,27). The summed E-state index contributed by atoms with van der Waals surface area (Å²) < 4.78 is 27.4. The number of fused-ring (bicyclic) bond motifs is 1. The molecular formula is C22H24N4O3S2. The summed E-state index contributed by atoms with van der Waals surface area (Å²) in [5, 5.41) is 6.07. The molecule has 2 amide bonds. The Morgan fingerprint density at radius 3 is 2.45 bits per heavy atom. The molecule has 2 heterocycles. The van der Waals surface area contributed by atoms with E-state index in [4.69, 9.17) is 0 Å². The zero-order chi connectivity index (χ0) is 22.2. The third-order valence-corrected chi connectivity index (χ3v) is 8.06. The van der Waals surface area contributed by atoms with Gasteiger partial charge in [-0.05, 0) is 44.5 Å². The molecule has 1 aliphatic rings. The lowest BCUT2D eigenvalue weighted by Crippen LogP contribution is -2.35. The first-order valence-electron chi connectivity index (χ1n) is 9.93. The van der Waals surface area contributed by atoms with Crippen LogP contribution in [-0.4, -0.2) is 30.3 Å². The van der Waals surface area contributed by atoms with E-state index < -0.39 is 10.0 Å². The van der Waals surface area contributed by atoms with Gasteiger partial charge < -0.3 is 5.32 Å². The molecule has 0 unspecified atom stereocenters. The summed E-state index contributed by atoms with van der Waals surface area (Å²) in [6.45, 7) is 6.48. The van der Waals surface area contributed by atoms with Crippen molar-refractivity contribution >= 4 is 38.2 Å². The number of anilines is 2. The average molecular weight is 457 g/mol. The van der Waals surface area contributed by atoms with Crippen LogP contribution in [0.15, 0.2) is 47.4 Å². The van der Waals surface area contributed by atoms with Crippen LogP contribution in [0, 0.1) is 20.8 Å². The van der Waals surface area contributed by atoms with Gasteiger partial charge in [0.1, 0.15) is 0 Å². The number of sulfonamides is 1. The number of carbonyl (C=O) groups is 1. The Bertz CT molecular complexity index is 1230. The largest absolute Gasteiger partial charge is 0.325 e. The van der Waals surface area contributed by atoms with Gasteiger partial charge in [-0.3, -0.25) is 5.32 Å². The van der Waals surface area contributed by atoms with Crippen LogP contribution in [-0.2, 0) is 23.0 Å². The van der Waals surface area contributed by atoms with E-state index in [-0.39, 0.29) is 17.5 Å². The summed E-state index contributed by atoms with van der Waals surface area (Å²) >= 11 is 1.31. The van der Waals surface area contributed by atoms with Crippen LogP contribution in [0.5, 0.6) is 0 Å². The summed E-state index contributed by atoms with van der Waals surface area (Å²) in [6.07, 6.45) is 0.511. The van der Waals surface area contributed by atoms with Gasteiger partial charge in [0.25, 0.3) is 0 Å². The fourth-order valence-electron chi connectivity index (χ4n) is 3.49. The van der Waals surface area contributed by atoms with E-state index in [1.807, 2.05) is 39.0 Å². The van der Waals surface area contributed by atoms with Crippen LogP contribution in [0.2, 0.25) is 0 Å². The molecule has 4 rings (SSSR count). The second-order valence-electron chi connectivity index (χ2n) is 7.69. The van der Waals surface area contributed by atoms with Gasteiger partial charge >= 0.3 is 6.03 Å². The molecule has 1 aliphatic heterocycles. The summed E-state index contributed by atoms with van der Waals surface area (Å²) in [7, 11) is -3.57. The van der Waals surface area contributed by atoms with Gasteiger partial charge in [0.15, 0.2) is 5.13 Å². The number of hydrogen-bond donors (Lipinski definition) is 2. The van der Waals surface area contributed by atoms with Crippen molar-refractivity contribution in [1.29, 1.82) is 0 Å². The van der Waals surface area contributed by atoms with Gasteiger partial charge in [0, 0.05) is 23.5 Å². The van der Waals surface area contributed by atoms with Crippen LogP contribution in [0.4, 0.5) is 15.6 Å². The molecule has 1 aromatic heterocycles. The van der Waals surface area contributed by atoms with E-state index in [2.05, 4.69) is 15.6 Å². The van der Waals surface area contributed by atoms with Crippen LogP contribution < -0.4 is 10.6 Å². The molecule has 0 spiro atoms. The third kappa shape index (κ3) is 4.63. The van der Waals surface area contributed by atoms with E-state index in [1.54, 1.807) is 24.3 Å². The molecule has 3 aromatic rings. The van der Waals surface area contributed by atoms with Crippen molar-refractivity contribution in [2.24, 2.45) is 0 Å². The minimum Gasteiger partial charge on any atom is -0.307 e. The first kappa shape index (κ1) is 21.5. The second kappa shape index (κ2) is 8.41. The number of carbonyl (C=O) groups excluding carboxylic acids is 1. The molecule has 2 N–H and O–H groups in total. The quantitative estimate of drug-likeness (QED) is 0.606. The Labute approximate surface area is 186 Å². The summed E-state index contributed by atoms with van der Waals surface area (Å²) in [6, 6.07) is 12.3. The van der Waals surface area contributed by atoms with Gasteiger partial charge in [0.05, 0.1) is 17.1 Å². The number of amides is 2. The molecular weight excluding hydrogens is 432 g/mol. The number of nitrogens with one attached hydrogen (secondary N) is 2. The molecule has 31 heavy (non-hydrogen) atoms. The fourth-order valence-corrected chi connectivity index (χ4v) is 6.00. The van der Waals surface area contributed by atoms with Gasteiger partial charge in [-0.2, -0.15) is 4.31 Å². The van der Waals surface area contributed by atoms with Crippen molar-refractivity contribution in [3.8, 4) is 0 Å². The molecule has 2 aromatic carbocycles. The van der Waals surface area contributed by atoms with E-state index in [0.29, 0.717) is 18.1 Å². The number of urea groups is 1. The third-order valence-electron chi connectivity index (χ3n) is 5.21. The highest BCUT2D eigenvalue weighted by molar-refractivity contribution is 7.89. The average Bonchev–Trinajstić information content (AvgIpc) is 3.11. The monoisotopic (exact) mass is 456 g/mol. The highest BCUT2D eigenvalue weighted by Gasteiger charge is 2.30. The number of nitrogens with zero attached hydrogens (tertiary/aromatic N) is 2. The van der Waals surface area contributed by atoms with Gasteiger partial charge in [-0.15, -0.1) is 0 Å². The van der Waals surface area contributed by atoms with Gasteiger partial charge in [0.2, 0.25) is 10.0 Å². The molecule has 7 nitrogen and oxygen atoms in total. The van der Waals surface area contributed by atoms with Crippen molar-refractivity contribution < 1.29 is 13.2 Å². The van der Waals surface area contributed by atoms with Crippen molar-refractivity contribution in [2.45, 2.75) is 38.6 Å². The lowest BCUT2D eigenvalue weighted by Gasteiger charge is -2.25. The Kier molecular flexibility index (Phi) is 5.83. The van der Waals surface area contributed by atoms with Crippen LogP contribution in [0.1, 0.15) is 27.3 Å². The van der Waals surface area contributed by atoms with E-state index in [0.717, 1.165) is 32.9 Å². The van der Waals surface area contributed by atoms with Crippen LogP contribution >= 0.6 is 11.3 Å². The van der Waals surface area contributed by atoms with Crippen molar-refractivity contribution in [2.75, 3.05) is 17.2 Å². The summed E-state index contributed by atoms with van der Waals surface area (Å²) in [5.41, 5.74) is 4.69. The van der Waals surface area contributed by atoms with Gasteiger partial charge in [-0.25, -0.2) is 18.2 Å². The highest BCUT2D eigenvalue weighted by atomic mass is 32.2. The molecule has 162 valence electrons. The lowest BCUT2D eigenvalue weighted by molar-refractivity contribution is 0.262. The minimum atomic E-state index is -3.57. The summed E-state index contributed by atoms with van der Waals surface area (Å²) in [4.78, 5) is 18.0. The Morgan fingerprint density at radius 1 is 1.03 bits per heavy atom. The van der Waals surface area contributed by atoms with Crippen LogP contribution in [0.25, 0.3) is 0 Å². The number of aromatic nitrogens is 1. The predicted molar refractivity (Wildman–Crippen MR) is 123 cm³/mol. The van der Waals surface area contributed by atoms with Crippen molar-refractivity contribution in [3.05, 3.63) is 69.7 Å². The normalized spacial score (nSPS) is 14.2. The van der Waals surface area contributed by atoms with Crippen LogP contribution in [0.3, 0.4) is 0 Å². The van der Waals surface area contributed by atoms with Crippen molar-refractivity contribution in [1.82, 2.24) is 9.29 Å². The maximum Gasteiger partial charge on any atom is 0.325 e. The first-order valence-corrected chi connectivity index (χ1v) is 12.2. The SMILES string of the molecule is Cc1ccc(S(=O)(=O)N2CCc3nc(NC(=O)Nc4ccc(C)cc4C)sc3C2)cc1.